The molecule has 0 spiro atoms. The molecule has 1 aliphatic heterocycles. The zero-order valence-corrected chi connectivity index (χ0v) is 26.7. The van der Waals surface area contributed by atoms with Crippen LogP contribution in [0.3, 0.4) is 0 Å². The van der Waals surface area contributed by atoms with E-state index in [-0.39, 0.29) is 35.1 Å². The molecule has 1 rings (SSSR count). The van der Waals surface area contributed by atoms with E-state index in [9.17, 15) is 9.90 Å². The Morgan fingerprint density at radius 2 is 1.71 bits per heavy atom. The van der Waals surface area contributed by atoms with Gasteiger partial charge in [0.2, 0.25) is 0 Å². The third-order valence-electron chi connectivity index (χ3n) is 7.57. The van der Waals surface area contributed by atoms with E-state index in [4.69, 9.17) is 18.6 Å². The maximum Gasteiger partial charge on any atom is 0.312 e. The van der Waals surface area contributed by atoms with Crippen LogP contribution in [0.25, 0.3) is 0 Å². The highest BCUT2D eigenvalue weighted by atomic mass is 28.4. The van der Waals surface area contributed by atoms with Crippen LogP contribution in [-0.4, -0.2) is 63.1 Å². The number of unbranched alkanes of at least 4 members (excludes halogenated alkanes) is 2. The van der Waals surface area contributed by atoms with Crippen LogP contribution in [0.5, 0.6) is 0 Å². The summed E-state index contributed by atoms with van der Waals surface area (Å²) in [6, 6.07) is 0. The van der Waals surface area contributed by atoms with Gasteiger partial charge in [0.1, 0.15) is 18.3 Å². The molecular formula is C31H54O6Si. The number of cyclic esters (lactones) is 1. The van der Waals surface area contributed by atoms with Crippen LogP contribution < -0.4 is 0 Å². The number of aliphatic hydroxyl groups excluding tert-OH is 1. The predicted molar refractivity (Wildman–Crippen MR) is 156 cm³/mol. The van der Waals surface area contributed by atoms with E-state index in [0.717, 1.165) is 32.1 Å². The maximum atomic E-state index is 12.1. The van der Waals surface area contributed by atoms with Gasteiger partial charge < -0.3 is 23.7 Å². The Kier molecular flexibility index (Phi) is 15.2. The highest BCUT2D eigenvalue weighted by Crippen LogP contribution is 2.37. The first kappa shape index (κ1) is 34.7. The van der Waals surface area contributed by atoms with Crippen LogP contribution in [-0.2, 0) is 23.4 Å². The minimum Gasteiger partial charge on any atom is -0.446 e. The number of aliphatic hydroxyl groups is 1. The summed E-state index contributed by atoms with van der Waals surface area (Å²) >= 11 is 0. The Morgan fingerprint density at radius 3 is 2.29 bits per heavy atom. The lowest BCUT2D eigenvalue weighted by atomic mass is 9.95. The van der Waals surface area contributed by atoms with Crippen molar-refractivity contribution in [2.45, 2.75) is 143 Å². The predicted octanol–water partition coefficient (Wildman–Crippen LogP) is 6.11. The van der Waals surface area contributed by atoms with E-state index in [1.165, 1.54) is 0 Å². The molecule has 1 N–H and O–H groups in total. The second-order valence-corrected chi connectivity index (χ2v) is 16.8. The summed E-state index contributed by atoms with van der Waals surface area (Å²) in [5.74, 6) is 11.8. The van der Waals surface area contributed by atoms with Crippen molar-refractivity contribution in [3.63, 3.8) is 0 Å². The van der Waals surface area contributed by atoms with Gasteiger partial charge in [-0.05, 0) is 50.2 Å². The number of esters is 1. The summed E-state index contributed by atoms with van der Waals surface area (Å²) in [4.78, 5) is 12.1. The lowest BCUT2D eigenvalue weighted by molar-refractivity contribution is -0.142. The molecule has 6 nitrogen and oxygen atoms in total. The smallest absolute Gasteiger partial charge is 0.312 e. The van der Waals surface area contributed by atoms with Crippen molar-refractivity contribution in [3.8, 4) is 23.7 Å². The van der Waals surface area contributed by atoms with Crippen molar-refractivity contribution in [1.29, 1.82) is 0 Å². The van der Waals surface area contributed by atoms with E-state index in [1.54, 1.807) is 0 Å². The molecule has 0 aliphatic carbocycles. The van der Waals surface area contributed by atoms with Crippen molar-refractivity contribution in [1.82, 2.24) is 0 Å². The van der Waals surface area contributed by atoms with Gasteiger partial charge in [-0.25, -0.2) is 0 Å². The first-order valence-electron chi connectivity index (χ1n) is 14.6. The van der Waals surface area contributed by atoms with Gasteiger partial charge in [-0.3, -0.25) is 4.79 Å². The molecule has 1 aliphatic rings. The fourth-order valence-electron chi connectivity index (χ4n) is 3.78. The molecule has 0 aromatic heterocycles. The third kappa shape index (κ3) is 11.0. The Hall–Kier alpha value is -1.35. The molecule has 1 saturated heterocycles. The normalized spacial score (nSPS) is 22.9. The van der Waals surface area contributed by atoms with Gasteiger partial charge in [0.15, 0.2) is 14.4 Å². The topological polar surface area (TPSA) is 74.2 Å². The summed E-state index contributed by atoms with van der Waals surface area (Å²) in [6.45, 7) is 22.3. The lowest BCUT2D eigenvalue weighted by Crippen LogP contribution is -2.43. The highest BCUT2D eigenvalue weighted by molar-refractivity contribution is 6.74. The molecule has 0 bridgehead atoms. The molecular weight excluding hydrogens is 496 g/mol. The zero-order chi connectivity index (χ0) is 28.9. The second-order valence-electron chi connectivity index (χ2n) is 12.0. The monoisotopic (exact) mass is 550 g/mol. The van der Waals surface area contributed by atoms with E-state index in [1.807, 2.05) is 13.8 Å². The van der Waals surface area contributed by atoms with Gasteiger partial charge in [0.05, 0.1) is 12.0 Å². The van der Waals surface area contributed by atoms with Gasteiger partial charge in [-0.2, -0.15) is 0 Å². The summed E-state index contributed by atoms with van der Waals surface area (Å²) in [7, 11) is -1.97. The average Bonchev–Trinajstić information content (AvgIpc) is 3.11. The SMILES string of the molecule is CCCCO[C@H]([C@H](O)C#C[C@@H](CC)O[Si](C)(C)C(C)(C)C)[C@H](C)CC#C[C@H]1OC(=O)[C@H](C)[C@H]1OCCCC. The molecule has 0 unspecified atom stereocenters. The lowest BCUT2D eigenvalue weighted by Gasteiger charge is -2.38. The molecule has 7 atom stereocenters. The van der Waals surface area contributed by atoms with Crippen LogP contribution in [0.4, 0.5) is 0 Å². The van der Waals surface area contributed by atoms with E-state index < -0.39 is 26.6 Å². The summed E-state index contributed by atoms with van der Waals surface area (Å²) in [6.07, 6.45) is 2.55. The fraction of sp³-hybridized carbons (Fsp3) is 0.839. The first-order chi connectivity index (χ1) is 17.8. The molecule has 0 aromatic rings. The number of hydrogen-bond acceptors (Lipinski definition) is 6. The van der Waals surface area contributed by atoms with Gasteiger partial charge in [0, 0.05) is 19.6 Å². The fourth-order valence-corrected chi connectivity index (χ4v) is 5.07. The summed E-state index contributed by atoms with van der Waals surface area (Å²) in [5, 5.41) is 11.1. The van der Waals surface area contributed by atoms with Crippen molar-refractivity contribution >= 4 is 14.3 Å². The van der Waals surface area contributed by atoms with E-state index in [2.05, 4.69) is 78.3 Å². The average molecular weight is 551 g/mol. The van der Waals surface area contributed by atoms with Gasteiger partial charge >= 0.3 is 5.97 Å². The van der Waals surface area contributed by atoms with Gasteiger partial charge in [-0.1, -0.05) is 85.0 Å². The Balaban J connectivity index is 2.94. The van der Waals surface area contributed by atoms with Crippen LogP contribution in [0.2, 0.25) is 18.1 Å². The second kappa shape index (κ2) is 16.7. The number of carbonyl (C=O) groups excluding carboxylic acids is 1. The van der Waals surface area contributed by atoms with Crippen LogP contribution >= 0.6 is 0 Å². The molecule has 0 amide bonds. The quantitative estimate of drug-likeness (QED) is 0.122. The van der Waals surface area contributed by atoms with E-state index in [0.29, 0.717) is 19.6 Å². The number of rotatable bonds is 14. The Bertz CT molecular complexity index is 827. The molecule has 1 fully saturated rings. The van der Waals surface area contributed by atoms with Crippen molar-refractivity contribution in [2.75, 3.05) is 13.2 Å². The van der Waals surface area contributed by atoms with Crippen molar-refractivity contribution < 1.29 is 28.5 Å². The van der Waals surface area contributed by atoms with Crippen LogP contribution in [0, 0.1) is 35.5 Å². The van der Waals surface area contributed by atoms with Crippen molar-refractivity contribution in [2.24, 2.45) is 11.8 Å². The molecule has 0 aromatic carbocycles. The molecule has 0 radical (unpaired) electrons. The number of carbonyl (C=O) groups is 1. The largest absolute Gasteiger partial charge is 0.446 e. The Labute approximate surface area is 234 Å². The number of ether oxygens (including phenoxy) is 3. The first-order valence-corrected chi connectivity index (χ1v) is 17.5. The molecule has 38 heavy (non-hydrogen) atoms. The Morgan fingerprint density at radius 1 is 1.08 bits per heavy atom. The third-order valence-corrected chi connectivity index (χ3v) is 12.1. The minimum absolute atomic E-state index is 0.0703. The van der Waals surface area contributed by atoms with Crippen molar-refractivity contribution in [3.05, 3.63) is 0 Å². The van der Waals surface area contributed by atoms with Gasteiger partial charge in [0.25, 0.3) is 0 Å². The molecule has 218 valence electrons. The van der Waals surface area contributed by atoms with Crippen LogP contribution in [0.1, 0.15) is 93.9 Å². The zero-order valence-electron chi connectivity index (χ0n) is 25.7. The standard InChI is InChI=1S/C31H54O6Si/c1-11-14-21-34-28(26(32)20-19-25(13-3)37-38(9,10)31(6,7)8)23(4)17-16-18-27-29(35-22-15-12-2)24(5)30(33)36-27/h23-29,32H,11-15,17,21-22H2,1-10H3/t23-,24-,25-,26-,27-,28+,29-/m1/s1. The van der Waals surface area contributed by atoms with E-state index >= 15 is 0 Å². The van der Waals surface area contributed by atoms with Gasteiger partial charge in [-0.15, -0.1) is 0 Å². The molecule has 1 heterocycles. The summed E-state index contributed by atoms with van der Waals surface area (Å²) < 4.78 is 24.0. The maximum absolute atomic E-state index is 12.1. The summed E-state index contributed by atoms with van der Waals surface area (Å²) in [5.41, 5.74) is 0. The molecule has 7 heteroatoms. The minimum atomic E-state index is -1.97. The number of hydrogen-bond donors (Lipinski definition) is 1. The highest BCUT2D eigenvalue weighted by Gasteiger charge is 2.42. The van der Waals surface area contributed by atoms with Crippen LogP contribution in [0.15, 0.2) is 0 Å². The molecule has 0 saturated carbocycles.